The van der Waals surface area contributed by atoms with Crippen LogP contribution in [-0.2, 0) is 26.6 Å². The third kappa shape index (κ3) is 4.31. The number of rotatable bonds is 7. The van der Waals surface area contributed by atoms with Crippen molar-refractivity contribution in [3.05, 3.63) is 30.1 Å². The van der Waals surface area contributed by atoms with Crippen LogP contribution in [0.4, 0.5) is 0 Å². The van der Waals surface area contributed by atoms with Gasteiger partial charge in [-0.1, -0.05) is 6.92 Å². The molecule has 0 aliphatic heterocycles. The maximum absolute atomic E-state index is 4.57. The van der Waals surface area contributed by atoms with Crippen molar-refractivity contribution in [3.63, 3.8) is 0 Å². The van der Waals surface area contributed by atoms with E-state index in [1.165, 1.54) is 0 Å². The van der Waals surface area contributed by atoms with Crippen LogP contribution in [0.1, 0.15) is 25.4 Å². The number of nitrogens with one attached hydrogen (secondary N) is 2. The second kappa shape index (κ2) is 8.16. The van der Waals surface area contributed by atoms with Gasteiger partial charge in [-0.2, -0.15) is 5.10 Å². The van der Waals surface area contributed by atoms with Gasteiger partial charge in [0.2, 0.25) is 0 Å². The molecule has 0 radical (unpaired) electrons. The lowest BCUT2D eigenvalue weighted by Crippen LogP contribution is -2.39. The Balaban J connectivity index is 1.87. The molecule has 0 fully saturated rings. The fourth-order valence-electron chi connectivity index (χ4n) is 2.09. The van der Waals surface area contributed by atoms with Crippen molar-refractivity contribution in [2.45, 2.75) is 33.4 Å². The Morgan fingerprint density at radius 1 is 1.32 bits per heavy atom. The number of hydrogen-bond acceptors (Lipinski definition) is 4. The summed E-state index contributed by atoms with van der Waals surface area (Å²) in [7, 11) is 1.92. The Hall–Kier alpha value is -2.38. The van der Waals surface area contributed by atoms with E-state index in [1.807, 2.05) is 17.8 Å². The van der Waals surface area contributed by atoms with Gasteiger partial charge < -0.3 is 15.2 Å². The van der Waals surface area contributed by atoms with E-state index in [2.05, 4.69) is 49.3 Å². The van der Waals surface area contributed by atoms with Crippen molar-refractivity contribution in [2.75, 3.05) is 13.1 Å². The number of aryl methyl sites for hydroxylation is 2. The predicted molar refractivity (Wildman–Crippen MR) is 85.4 cm³/mol. The van der Waals surface area contributed by atoms with E-state index in [9.17, 15) is 0 Å². The van der Waals surface area contributed by atoms with Crippen LogP contribution in [0.2, 0.25) is 0 Å². The third-order valence-electron chi connectivity index (χ3n) is 3.32. The Morgan fingerprint density at radius 2 is 2.18 bits per heavy atom. The van der Waals surface area contributed by atoms with E-state index in [0.29, 0.717) is 6.54 Å². The van der Waals surface area contributed by atoms with E-state index in [4.69, 9.17) is 0 Å². The highest BCUT2D eigenvalue weighted by Gasteiger charge is 2.03. The fourth-order valence-corrected chi connectivity index (χ4v) is 2.09. The second-order valence-electron chi connectivity index (χ2n) is 4.86. The fraction of sp³-hybridized carbons (Fsp3) is 0.571. The first kappa shape index (κ1) is 16.0. The maximum atomic E-state index is 4.57. The number of aromatic nitrogens is 5. The molecule has 2 heterocycles. The van der Waals surface area contributed by atoms with Crippen LogP contribution in [0, 0.1) is 0 Å². The summed E-state index contributed by atoms with van der Waals surface area (Å²) < 4.78 is 3.88. The molecule has 8 heteroatoms. The molecule has 0 spiro atoms. The van der Waals surface area contributed by atoms with Crippen LogP contribution < -0.4 is 10.6 Å². The zero-order valence-electron chi connectivity index (χ0n) is 13.5. The minimum Gasteiger partial charge on any atom is -0.357 e. The monoisotopic (exact) mass is 304 g/mol. The molecule has 2 aromatic rings. The van der Waals surface area contributed by atoms with Crippen LogP contribution >= 0.6 is 0 Å². The van der Waals surface area contributed by atoms with Crippen LogP contribution in [0.5, 0.6) is 0 Å². The molecule has 2 N–H and O–H groups in total. The zero-order valence-corrected chi connectivity index (χ0v) is 13.5. The van der Waals surface area contributed by atoms with Gasteiger partial charge in [0.1, 0.15) is 12.2 Å². The Kier molecular flexibility index (Phi) is 5.93. The third-order valence-corrected chi connectivity index (χ3v) is 3.32. The molecule has 0 aliphatic rings. The molecule has 0 unspecified atom stereocenters. The van der Waals surface area contributed by atoms with Gasteiger partial charge in [-0.25, -0.2) is 4.99 Å². The lowest BCUT2D eigenvalue weighted by molar-refractivity contribution is 0.631. The summed E-state index contributed by atoms with van der Waals surface area (Å²) in [4.78, 5) is 4.57. The molecule has 8 nitrogen and oxygen atoms in total. The van der Waals surface area contributed by atoms with E-state index in [-0.39, 0.29) is 0 Å². The van der Waals surface area contributed by atoms with Crippen LogP contribution in [0.15, 0.2) is 23.6 Å². The van der Waals surface area contributed by atoms with Crippen molar-refractivity contribution >= 4 is 5.96 Å². The summed E-state index contributed by atoms with van der Waals surface area (Å²) in [6, 6.07) is 1.97. The highest BCUT2D eigenvalue weighted by molar-refractivity contribution is 5.79. The molecule has 2 aromatic heterocycles. The summed E-state index contributed by atoms with van der Waals surface area (Å²) in [5.74, 6) is 1.80. The Morgan fingerprint density at radius 3 is 2.86 bits per heavy atom. The normalized spacial score (nSPS) is 11.7. The number of aliphatic imine (C=N–C) groups is 1. The first-order chi connectivity index (χ1) is 10.7. The molecular formula is C14H24N8. The summed E-state index contributed by atoms with van der Waals surface area (Å²) in [5, 5.41) is 18.7. The number of guanidine groups is 1. The smallest absolute Gasteiger partial charge is 0.191 e. The topological polar surface area (TPSA) is 85.0 Å². The van der Waals surface area contributed by atoms with E-state index in [0.717, 1.165) is 43.5 Å². The minimum atomic E-state index is 0.596. The van der Waals surface area contributed by atoms with Gasteiger partial charge in [0, 0.05) is 39.3 Å². The van der Waals surface area contributed by atoms with E-state index >= 15 is 0 Å². The van der Waals surface area contributed by atoms with Gasteiger partial charge in [-0.05, 0) is 13.0 Å². The van der Waals surface area contributed by atoms with E-state index < -0.39 is 0 Å². The molecule has 0 atom stereocenters. The van der Waals surface area contributed by atoms with Crippen molar-refractivity contribution in [3.8, 4) is 0 Å². The average molecular weight is 304 g/mol. The summed E-state index contributed by atoms with van der Waals surface area (Å²) in [6.07, 6.45) is 4.43. The van der Waals surface area contributed by atoms with Gasteiger partial charge in [-0.15, -0.1) is 10.2 Å². The summed E-state index contributed by atoms with van der Waals surface area (Å²) in [6.45, 7) is 7.13. The van der Waals surface area contributed by atoms with Crippen LogP contribution in [0.25, 0.3) is 0 Å². The Labute approximate surface area is 130 Å². The number of nitrogens with zero attached hydrogens (tertiary/aromatic N) is 6. The quantitative estimate of drug-likeness (QED) is 0.569. The molecule has 120 valence electrons. The minimum absolute atomic E-state index is 0.596. The lowest BCUT2D eigenvalue weighted by atomic mass is 10.4. The highest BCUT2D eigenvalue weighted by atomic mass is 15.3. The molecule has 22 heavy (non-hydrogen) atoms. The van der Waals surface area contributed by atoms with Crippen molar-refractivity contribution in [1.29, 1.82) is 0 Å². The number of hydrogen-bond donors (Lipinski definition) is 2. The molecule has 2 rings (SSSR count). The largest absolute Gasteiger partial charge is 0.357 e. The maximum Gasteiger partial charge on any atom is 0.191 e. The average Bonchev–Trinajstić information content (AvgIpc) is 3.13. The summed E-state index contributed by atoms with van der Waals surface area (Å²) in [5.41, 5.74) is 1.07. The van der Waals surface area contributed by atoms with Gasteiger partial charge in [0.15, 0.2) is 5.96 Å². The molecule has 0 aromatic carbocycles. The van der Waals surface area contributed by atoms with Crippen molar-refractivity contribution in [2.24, 2.45) is 12.0 Å². The first-order valence-corrected chi connectivity index (χ1v) is 7.60. The van der Waals surface area contributed by atoms with Gasteiger partial charge in [-0.3, -0.25) is 4.68 Å². The van der Waals surface area contributed by atoms with Gasteiger partial charge in [0.25, 0.3) is 0 Å². The first-order valence-electron chi connectivity index (χ1n) is 7.60. The lowest BCUT2D eigenvalue weighted by Gasteiger charge is -2.12. The summed E-state index contributed by atoms with van der Waals surface area (Å²) >= 11 is 0. The molecule has 0 saturated carbocycles. The molecule has 0 saturated heterocycles. The SMILES string of the molecule is CCNC(=NCc1ccnn1C)NCCn1cnnc1CC. The second-order valence-corrected chi connectivity index (χ2v) is 4.86. The standard InChI is InChI=1S/C14H24N8/c1-4-13-20-18-11-22(13)9-8-16-14(15-5-2)17-10-12-6-7-19-21(12)3/h6-7,11H,4-5,8-10H2,1-3H3,(H2,15,16,17). The van der Waals surface area contributed by atoms with Crippen LogP contribution in [0.3, 0.4) is 0 Å². The van der Waals surface area contributed by atoms with Gasteiger partial charge >= 0.3 is 0 Å². The van der Waals surface area contributed by atoms with Crippen LogP contribution in [-0.4, -0.2) is 43.6 Å². The Bertz CT molecular complexity index is 598. The zero-order chi connectivity index (χ0) is 15.8. The van der Waals surface area contributed by atoms with Gasteiger partial charge in [0.05, 0.1) is 12.2 Å². The van der Waals surface area contributed by atoms with Crippen molar-refractivity contribution < 1.29 is 0 Å². The van der Waals surface area contributed by atoms with E-state index in [1.54, 1.807) is 12.5 Å². The highest BCUT2D eigenvalue weighted by Crippen LogP contribution is 1.98. The molecular weight excluding hydrogens is 280 g/mol. The predicted octanol–water partition coefficient (Wildman–Crippen LogP) is 0.329. The molecule has 0 amide bonds. The molecule has 0 bridgehead atoms. The molecule has 0 aliphatic carbocycles. The van der Waals surface area contributed by atoms with Crippen molar-refractivity contribution in [1.82, 2.24) is 35.2 Å².